The van der Waals surface area contributed by atoms with Gasteiger partial charge in [-0.15, -0.1) is 11.8 Å². The quantitative estimate of drug-likeness (QED) is 0.493. The van der Waals surface area contributed by atoms with Crippen molar-refractivity contribution in [3.8, 4) is 0 Å². The highest BCUT2D eigenvalue weighted by molar-refractivity contribution is 7.99. The Morgan fingerprint density at radius 3 is 2.86 bits per heavy atom. The molecule has 1 aromatic rings. The highest BCUT2D eigenvalue weighted by Gasteiger charge is 2.13. The summed E-state index contributed by atoms with van der Waals surface area (Å²) >= 11 is 6.87. The predicted octanol–water partition coefficient (Wildman–Crippen LogP) is 2.33. The predicted molar refractivity (Wildman–Crippen MR) is 55.9 cm³/mol. The normalized spacial score (nSPS) is 10.1. The number of halogens is 1. The summed E-state index contributed by atoms with van der Waals surface area (Å²) < 4.78 is 0. The molecular formula is C8H8ClNO3S. The molecule has 0 aliphatic rings. The first-order valence-electron chi connectivity index (χ1n) is 3.82. The van der Waals surface area contributed by atoms with Crippen LogP contribution in [0.25, 0.3) is 0 Å². The van der Waals surface area contributed by atoms with E-state index in [0.717, 1.165) is 0 Å². The van der Waals surface area contributed by atoms with Crippen molar-refractivity contribution >= 4 is 29.1 Å². The van der Waals surface area contributed by atoms with Gasteiger partial charge >= 0.3 is 0 Å². The summed E-state index contributed by atoms with van der Waals surface area (Å²) in [5.74, 6) is 0.433. The molecule has 4 nitrogen and oxygen atoms in total. The number of thioether (sulfide) groups is 1. The maximum absolute atomic E-state index is 10.6. The summed E-state index contributed by atoms with van der Waals surface area (Å²) in [6.45, 7) is -0.00948. The van der Waals surface area contributed by atoms with E-state index in [4.69, 9.17) is 16.7 Å². The molecule has 1 rings (SSSR count). The Bertz CT molecular complexity index is 345. The summed E-state index contributed by atoms with van der Waals surface area (Å²) in [6.07, 6.45) is 0. The molecule has 0 saturated carbocycles. The largest absolute Gasteiger partial charge is 0.396 e. The Balaban J connectivity index is 2.96. The summed E-state index contributed by atoms with van der Waals surface area (Å²) in [5, 5.41) is 19.5. The first kappa shape index (κ1) is 11.3. The molecule has 0 saturated heterocycles. The molecule has 1 aromatic carbocycles. The Morgan fingerprint density at radius 2 is 2.29 bits per heavy atom. The zero-order valence-electron chi connectivity index (χ0n) is 7.14. The maximum atomic E-state index is 10.6. The zero-order chi connectivity index (χ0) is 10.6. The van der Waals surface area contributed by atoms with Crippen molar-refractivity contribution in [2.75, 3.05) is 12.4 Å². The van der Waals surface area contributed by atoms with Crippen molar-refractivity contribution in [3.05, 3.63) is 33.3 Å². The van der Waals surface area contributed by atoms with E-state index in [1.165, 1.54) is 17.8 Å². The van der Waals surface area contributed by atoms with E-state index < -0.39 is 4.92 Å². The third-order valence-electron chi connectivity index (χ3n) is 1.47. The van der Waals surface area contributed by atoms with E-state index in [2.05, 4.69) is 0 Å². The van der Waals surface area contributed by atoms with E-state index in [-0.39, 0.29) is 12.3 Å². The Hall–Kier alpha value is -0.780. The van der Waals surface area contributed by atoms with Crippen molar-refractivity contribution < 1.29 is 10.0 Å². The summed E-state index contributed by atoms with van der Waals surface area (Å²) in [5.41, 5.74) is -0.0176. The molecule has 76 valence electrons. The second-order valence-corrected chi connectivity index (χ2v) is 4.01. The fourth-order valence-corrected chi connectivity index (χ4v) is 1.83. The number of aliphatic hydroxyl groups excluding tert-OH is 1. The average Bonchev–Trinajstić information content (AvgIpc) is 2.15. The molecule has 0 radical (unpaired) electrons. The number of nitro benzene ring substituents is 1. The molecule has 0 aliphatic carbocycles. The van der Waals surface area contributed by atoms with Crippen LogP contribution in [0.2, 0.25) is 5.02 Å². The van der Waals surface area contributed by atoms with Gasteiger partial charge in [0.05, 0.1) is 16.4 Å². The summed E-state index contributed by atoms with van der Waals surface area (Å²) in [6, 6.07) is 4.48. The van der Waals surface area contributed by atoms with E-state index in [1.807, 2.05) is 0 Å². The molecule has 0 fully saturated rings. The van der Waals surface area contributed by atoms with Crippen molar-refractivity contribution in [2.24, 2.45) is 0 Å². The Labute approximate surface area is 90.0 Å². The first-order chi connectivity index (χ1) is 6.65. The van der Waals surface area contributed by atoms with E-state index in [0.29, 0.717) is 15.7 Å². The molecule has 0 unspecified atom stereocenters. The highest BCUT2D eigenvalue weighted by atomic mass is 35.5. The number of nitro groups is 1. The molecule has 0 bridgehead atoms. The van der Waals surface area contributed by atoms with Crippen LogP contribution < -0.4 is 0 Å². The molecule has 0 aliphatic heterocycles. The van der Waals surface area contributed by atoms with Gasteiger partial charge in [0.2, 0.25) is 0 Å². The maximum Gasteiger partial charge on any atom is 0.284 e. The van der Waals surface area contributed by atoms with Gasteiger partial charge in [0.25, 0.3) is 5.69 Å². The molecule has 1 N–H and O–H groups in total. The second-order valence-electron chi connectivity index (χ2n) is 2.44. The Kier molecular flexibility index (Phi) is 4.19. The van der Waals surface area contributed by atoms with Gasteiger partial charge in [-0.3, -0.25) is 10.1 Å². The van der Waals surface area contributed by atoms with Gasteiger partial charge in [0.15, 0.2) is 0 Å². The van der Waals surface area contributed by atoms with Crippen molar-refractivity contribution in [1.29, 1.82) is 0 Å². The van der Waals surface area contributed by atoms with Crippen LogP contribution in [0.15, 0.2) is 23.1 Å². The minimum Gasteiger partial charge on any atom is -0.396 e. The monoisotopic (exact) mass is 233 g/mol. The van der Waals surface area contributed by atoms with E-state index >= 15 is 0 Å². The molecule has 6 heteroatoms. The number of rotatable bonds is 4. The molecule has 0 atom stereocenters. The van der Waals surface area contributed by atoms with E-state index in [9.17, 15) is 10.1 Å². The van der Waals surface area contributed by atoms with Gasteiger partial charge < -0.3 is 5.11 Å². The fourth-order valence-electron chi connectivity index (χ4n) is 0.911. The van der Waals surface area contributed by atoms with Crippen molar-refractivity contribution in [3.63, 3.8) is 0 Å². The lowest BCUT2D eigenvalue weighted by molar-refractivity contribution is -0.387. The fraction of sp³-hybridized carbons (Fsp3) is 0.250. The van der Waals surface area contributed by atoms with Gasteiger partial charge in [0.1, 0.15) is 0 Å². The molecule has 0 spiro atoms. The molecular weight excluding hydrogens is 226 g/mol. The third kappa shape index (κ3) is 2.87. The van der Waals surface area contributed by atoms with Crippen LogP contribution in [0.4, 0.5) is 5.69 Å². The summed E-state index contributed by atoms with van der Waals surface area (Å²) in [4.78, 5) is 10.6. The second kappa shape index (κ2) is 5.19. The molecule has 0 aromatic heterocycles. The van der Waals surface area contributed by atoms with Crippen LogP contribution in [-0.2, 0) is 0 Å². The van der Waals surface area contributed by atoms with Crippen LogP contribution in [-0.4, -0.2) is 22.4 Å². The van der Waals surface area contributed by atoms with Crippen LogP contribution in [0, 0.1) is 10.1 Å². The topological polar surface area (TPSA) is 63.4 Å². The number of benzene rings is 1. The minimum atomic E-state index is -0.481. The van der Waals surface area contributed by atoms with Crippen LogP contribution in [0.5, 0.6) is 0 Å². The smallest absolute Gasteiger partial charge is 0.284 e. The lowest BCUT2D eigenvalue weighted by atomic mass is 10.3. The van der Waals surface area contributed by atoms with Gasteiger partial charge in [-0.05, 0) is 12.1 Å². The molecule has 0 amide bonds. The van der Waals surface area contributed by atoms with Crippen molar-refractivity contribution in [1.82, 2.24) is 0 Å². The van der Waals surface area contributed by atoms with Crippen LogP contribution in [0.1, 0.15) is 0 Å². The summed E-state index contributed by atoms with van der Waals surface area (Å²) in [7, 11) is 0. The Morgan fingerprint density at radius 1 is 1.57 bits per heavy atom. The van der Waals surface area contributed by atoms with Crippen molar-refractivity contribution in [2.45, 2.75) is 4.90 Å². The molecule has 0 heterocycles. The van der Waals surface area contributed by atoms with Gasteiger partial charge in [-0.1, -0.05) is 11.6 Å². The van der Waals surface area contributed by atoms with Gasteiger partial charge in [-0.25, -0.2) is 0 Å². The number of hydrogen-bond donors (Lipinski definition) is 1. The first-order valence-corrected chi connectivity index (χ1v) is 5.19. The average molecular weight is 234 g/mol. The zero-order valence-corrected chi connectivity index (χ0v) is 8.72. The molecule has 14 heavy (non-hydrogen) atoms. The van der Waals surface area contributed by atoms with E-state index in [1.54, 1.807) is 12.1 Å². The lowest BCUT2D eigenvalue weighted by Gasteiger charge is -2.01. The minimum absolute atomic E-state index is 0.00948. The highest BCUT2D eigenvalue weighted by Crippen LogP contribution is 2.31. The number of aliphatic hydroxyl groups is 1. The van der Waals surface area contributed by atoms with Crippen LogP contribution in [0.3, 0.4) is 0 Å². The van der Waals surface area contributed by atoms with Crippen LogP contribution >= 0.6 is 23.4 Å². The van der Waals surface area contributed by atoms with Gasteiger partial charge in [-0.2, -0.15) is 0 Å². The number of hydrogen-bond acceptors (Lipinski definition) is 4. The standard InChI is InChI=1S/C8H8ClNO3S/c9-6-1-2-8(14-4-3-11)7(5-6)10(12)13/h1-2,5,11H,3-4H2. The third-order valence-corrected chi connectivity index (χ3v) is 2.74. The lowest BCUT2D eigenvalue weighted by Crippen LogP contribution is -1.92. The van der Waals surface area contributed by atoms with Gasteiger partial charge in [0, 0.05) is 16.8 Å². The SMILES string of the molecule is O=[N+]([O-])c1cc(Cl)ccc1SCCO. The number of nitrogens with zero attached hydrogens (tertiary/aromatic N) is 1.